The number of hydrogen-bond acceptors (Lipinski definition) is 3. The van der Waals surface area contributed by atoms with E-state index in [1.807, 2.05) is 30.6 Å². The Morgan fingerprint density at radius 2 is 1.96 bits per heavy atom. The predicted molar refractivity (Wildman–Crippen MR) is 112 cm³/mol. The third-order valence-electron chi connectivity index (χ3n) is 6.54. The Balaban J connectivity index is 1.47. The summed E-state index contributed by atoms with van der Waals surface area (Å²) in [6.45, 7) is 6.85. The summed E-state index contributed by atoms with van der Waals surface area (Å²) >= 11 is 0. The Labute approximate surface area is 168 Å². The Morgan fingerprint density at radius 1 is 1.18 bits per heavy atom. The molecule has 1 aromatic heterocycles. The molecule has 4 heteroatoms. The van der Waals surface area contributed by atoms with Crippen LogP contribution < -0.4 is 0 Å². The van der Waals surface area contributed by atoms with E-state index in [0.29, 0.717) is 17.9 Å². The average Bonchev–Trinajstić information content (AvgIpc) is 3.11. The first-order valence-corrected chi connectivity index (χ1v) is 10.5. The molecular formula is C24H31N3O. The van der Waals surface area contributed by atoms with E-state index in [2.05, 4.69) is 47.8 Å². The Kier molecular flexibility index (Phi) is 5.49. The number of carbonyl (C=O) groups is 1. The molecule has 0 radical (unpaired) electrons. The number of likely N-dealkylation sites (tertiary alicyclic amines) is 1. The second kappa shape index (κ2) is 8.04. The third-order valence-corrected chi connectivity index (χ3v) is 6.54. The number of nitrogens with zero attached hydrogens (tertiary/aromatic N) is 3. The first-order valence-electron chi connectivity index (χ1n) is 10.5. The molecule has 0 N–H and O–H groups in total. The number of carbonyl (C=O) groups excluding carboxylic acids is 1. The van der Waals surface area contributed by atoms with Crippen LogP contribution in [0.3, 0.4) is 0 Å². The van der Waals surface area contributed by atoms with Gasteiger partial charge in [0.15, 0.2) is 0 Å². The van der Waals surface area contributed by atoms with E-state index in [1.54, 1.807) is 0 Å². The summed E-state index contributed by atoms with van der Waals surface area (Å²) in [6.07, 6.45) is 7.52. The van der Waals surface area contributed by atoms with Crippen LogP contribution >= 0.6 is 0 Å². The van der Waals surface area contributed by atoms with Gasteiger partial charge in [0.1, 0.15) is 0 Å². The lowest BCUT2D eigenvalue weighted by Gasteiger charge is -2.39. The lowest BCUT2D eigenvalue weighted by molar-refractivity contribution is 0.0770. The second-order valence-corrected chi connectivity index (χ2v) is 8.79. The smallest absolute Gasteiger partial charge is 0.253 e. The molecule has 28 heavy (non-hydrogen) atoms. The van der Waals surface area contributed by atoms with Crippen molar-refractivity contribution in [3.05, 3.63) is 65.0 Å². The molecule has 0 bridgehead atoms. The van der Waals surface area contributed by atoms with Crippen molar-refractivity contribution in [2.45, 2.75) is 45.7 Å². The zero-order valence-corrected chi connectivity index (χ0v) is 17.3. The number of amides is 1. The topological polar surface area (TPSA) is 36.4 Å². The van der Waals surface area contributed by atoms with Crippen molar-refractivity contribution in [1.29, 1.82) is 0 Å². The number of rotatable bonds is 4. The van der Waals surface area contributed by atoms with Crippen molar-refractivity contribution in [3.8, 4) is 0 Å². The van der Waals surface area contributed by atoms with Crippen molar-refractivity contribution in [2.75, 3.05) is 20.1 Å². The monoisotopic (exact) mass is 377 g/mol. The van der Waals surface area contributed by atoms with Gasteiger partial charge in [-0.05, 0) is 69.3 Å². The van der Waals surface area contributed by atoms with Gasteiger partial charge in [-0.2, -0.15) is 0 Å². The van der Waals surface area contributed by atoms with Crippen molar-refractivity contribution < 1.29 is 4.79 Å². The molecule has 1 saturated carbocycles. The van der Waals surface area contributed by atoms with Gasteiger partial charge in [-0.1, -0.05) is 29.7 Å². The minimum Gasteiger partial charge on any atom is -0.338 e. The molecule has 1 saturated heterocycles. The second-order valence-electron chi connectivity index (χ2n) is 8.79. The van der Waals surface area contributed by atoms with Crippen LogP contribution in [0.25, 0.3) is 0 Å². The molecule has 0 spiro atoms. The number of aryl methyl sites for hydroxylation is 2. The molecule has 0 unspecified atom stereocenters. The van der Waals surface area contributed by atoms with E-state index in [-0.39, 0.29) is 5.91 Å². The van der Waals surface area contributed by atoms with Crippen LogP contribution in [0.2, 0.25) is 0 Å². The molecule has 1 aromatic carbocycles. The van der Waals surface area contributed by atoms with Gasteiger partial charge in [0.25, 0.3) is 5.91 Å². The lowest BCUT2D eigenvalue weighted by Crippen LogP contribution is -2.43. The molecule has 148 valence electrons. The van der Waals surface area contributed by atoms with Crippen molar-refractivity contribution >= 4 is 5.91 Å². The highest BCUT2D eigenvalue weighted by atomic mass is 16.2. The van der Waals surface area contributed by atoms with Gasteiger partial charge >= 0.3 is 0 Å². The lowest BCUT2D eigenvalue weighted by atomic mass is 9.77. The van der Waals surface area contributed by atoms with E-state index in [4.69, 9.17) is 0 Å². The quantitative estimate of drug-likeness (QED) is 0.806. The molecule has 3 atom stereocenters. The van der Waals surface area contributed by atoms with Gasteiger partial charge in [0.2, 0.25) is 0 Å². The molecule has 1 amide bonds. The van der Waals surface area contributed by atoms with Crippen LogP contribution in [-0.4, -0.2) is 46.9 Å². The molecule has 2 aliphatic rings. The van der Waals surface area contributed by atoms with E-state index in [9.17, 15) is 4.79 Å². The van der Waals surface area contributed by atoms with Gasteiger partial charge in [-0.3, -0.25) is 14.7 Å². The molecule has 4 nitrogen and oxygen atoms in total. The number of benzene rings is 1. The summed E-state index contributed by atoms with van der Waals surface area (Å²) in [6, 6.07) is 10.9. The van der Waals surface area contributed by atoms with E-state index >= 15 is 0 Å². The van der Waals surface area contributed by atoms with Crippen LogP contribution in [-0.2, 0) is 6.54 Å². The standard InChI is InChI=1S/C24H31N3O/c1-17-10-18(2)12-21(11-17)24(28)27-15-20-7-4-8-23(22(20)16-27)26(3)14-19-6-5-9-25-13-19/h5-6,9-13,20,22-23H,4,7-8,14-16H2,1-3H3/t20-,22-,23+/m0/s1. The Hall–Kier alpha value is -2.20. The zero-order chi connectivity index (χ0) is 19.7. The molecule has 2 fully saturated rings. The summed E-state index contributed by atoms with van der Waals surface area (Å²) < 4.78 is 0. The van der Waals surface area contributed by atoms with Crippen molar-refractivity contribution in [3.63, 3.8) is 0 Å². The van der Waals surface area contributed by atoms with Gasteiger partial charge in [0.05, 0.1) is 0 Å². The fourth-order valence-corrected chi connectivity index (χ4v) is 5.33. The highest BCUT2D eigenvalue weighted by Gasteiger charge is 2.43. The van der Waals surface area contributed by atoms with Gasteiger partial charge in [-0.15, -0.1) is 0 Å². The fraction of sp³-hybridized carbons (Fsp3) is 0.500. The third kappa shape index (κ3) is 3.97. The maximum absolute atomic E-state index is 13.2. The maximum atomic E-state index is 13.2. The number of aromatic nitrogens is 1. The summed E-state index contributed by atoms with van der Waals surface area (Å²) in [7, 11) is 2.23. The Bertz CT molecular complexity index is 815. The van der Waals surface area contributed by atoms with E-state index in [1.165, 1.54) is 24.8 Å². The van der Waals surface area contributed by atoms with Crippen LogP contribution in [0.5, 0.6) is 0 Å². The largest absolute Gasteiger partial charge is 0.338 e. The number of fused-ring (bicyclic) bond motifs is 1. The van der Waals surface area contributed by atoms with Gasteiger partial charge < -0.3 is 4.90 Å². The molecule has 2 aromatic rings. The molecular weight excluding hydrogens is 346 g/mol. The minimum atomic E-state index is 0.204. The SMILES string of the molecule is Cc1cc(C)cc(C(=O)N2C[C@@H]3CCC[C@@H](N(C)Cc4cccnc4)[C@H]3C2)c1. The van der Waals surface area contributed by atoms with Gasteiger partial charge in [0, 0.05) is 43.6 Å². The molecule has 1 aliphatic carbocycles. The first kappa shape index (κ1) is 19.1. The minimum absolute atomic E-state index is 0.204. The van der Waals surface area contributed by atoms with Crippen LogP contribution in [0.15, 0.2) is 42.7 Å². The van der Waals surface area contributed by atoms with E-state index in [0.717, 1.165) is 36.3 Å². The van der Waals surface area contributed by atoms with E-state index < -0.39 is 0 Å². The number of pyridine rings is 1. The number of hydrogen-bond donors (Lipinski definition) is 0. The van der Waals surface area contributed by atoms with Crippen molar-refractivity contribution in [2.24, 2.45) is 11.8 Å². The predicted octanol–water partition coefficient (Wildman–Crippen LogP) is 4.07. The summed E-state index contributed by atoms with van der Waals surface area (Å²) in [4.78, 5) is 22.0. The van der Waals surface area contributed by atoms with Gasteiger partial charge in [-0.25, -0.2) is 0 Å². The molecule has 4 rings (SSSR count). The summed E-state index contributed by atoms with van der Waals surface area (Å²) in [5.41, 5.74) is 4.42. The maximum Gasteiger partial charge on any atom is 0.253 e. The normalized spacial score (nSPS) is 24.4. The highest BCUT2D eigenvalue weighted by Crippen LogP contribution is 2.39. The highest BCUT2D eigenvalue weighted by molar-refractivity contribution is 5.94. The summed E-state index contributed by atoms with van der Waals surface area (Å²) in [5, 5.41) is 0. The fourth-order valence-electron chi connectivity index (χ4n) is 5.33. The van der Waals surface area contributed by atoms with Crippen LogP contribution in [0, 0.1) is 25.7 Å². The molecule has 2 heterocycles. The van der Waals surface area contributed by atoms with Crippen molar-refractivity contribution in [1.82, 2.24) is 14.8 Å². The molecule has 1 aliphatic heterocycles. The van der Waals surface area contributed by atoms with Crippen LogP contribution in [0.1, 0.15) is 46.3 Å². The zero-order valence-electron chi connectivity index (χ0n) is 17.3. The summed E-state index contributed by atoms with van der Waals surface area (Å²) in [5.74, 6) is 1.41. The first-order chi connectivity index (χ1) is 13.5. The van der Waals surface area contributed by atoms with Crippen LogP contribution in [0.4, 0.5) is 0 Å². The average molecular weight is 378 g/mol. The Morgan fingerprint density at radius 3 is 2.68 bits per heavy atom.